The lowest BCUT2D eigenvalue weighted by atomic mass is 9.33. The lowest BCUT2D eigenvalue weighted by Gasteiger charge is -2.33. The van der Waals surface area contributed by atoms with Gasteiger partial charge in [-0.2, -0.15) is 0 Å². The molecule has 0 saturated carbocycles. The largest absolute Gasteiger partial charge is 0.454 e. The monoisotopic (exact) mass is 1030 g/mol. The predicted octanol–water partition coefficient (Wildman–Crippen LogP) is 18.5. The first-order valence-electron chi connectivity index (χ1n) is 28.6. The maximum absolute atomic E-state index is 6.83. The number of fused-ring (bicyclic) bond motifs is 3. The smallest absolute Gasteiger partial charge is 0.242 e. The van der Waals surface area contributed by atoms with Crippen molar-refractivity contribution < 1.29 is 4.42 Å². The Labute approximate surface area is 472 Å². The van der Waals surface area contributed by atoms with Crippen LogP contribution in [-0.2, 0) is 22.7 Å². The van der Waals surface area contributed by atoms with Gasteiger partial charge in [0.15, 0.2) is 5.58 Å². The van der Waals surface area contributed by atoms with Crippen LogP contribution in [-0.4, -0.2) is 6.71 Å². The van der Waals surface area contributed by atoms with Crippen LogP contribution in [0, 0.1) is 34.6 Å². The van der Waals surface area contributed by atoms with Crippen molar-refractivity contribution in [2.75, 3.05) is 4.90 Å². The fourth-order valence-electron chi connectivity index (χ4n) is 12.5. The average molecular weight is 1030 g/mol. The van der Waals surface area contributed by atoms with Gasteiger partial charge < -0.3 is 9.32 Å². The minimum atomic E-state index is -0.271. The maximum Gasteiger partial charge on any atom is 0.242 e. The zero-order valence-electron chi connectivity index (χ0n) is 49.1. The molecule has 396 valence electrons. The van der Waals surface area contributed by atoms with E-state index >= 15 is 0 Å². The number of rotatable bonds is 16. The molecule has 0 unspecified atom stereocenters. The number of furan rings is 1. The van der Waals surface area contributed by atoms with E-state index in [0.717, 1.165) is 51.8 Å². The lowest BCUT2D eigenvalue weighted by molar-refractivity contribution is 0.638. The summed E-state index contributed by atoms with van der Waals surface area (Å²) in [4.78, 5) is 2.44. The van der Waals surface area contributed by atoms with Crippen molar-refractivity contribution >= 4 is 62.1 Å². The van der Waals surface area contributed by atoms with E-state index in [-0.39, 0.29) is 23.0 Å². The van der Waals surface area contributed by atoms with Crippen molar-refractivity contribution in [1.82, 2.24) is 0 Å². The Morgan fingerprint density at radius 2 is 1.09 bits per heavy atom. The molecule has 0 saturated heterocycles. The van der Waals surface area contributed by atoms with Gasteiger partial charge in [-0.25, -0.2) is 0 Å². The van der Waals surface area contributed by atoms with Gasteiger partial charge in [0.05, 0.1) is 5.69 Å². The summed E-state index contributed by atoms with van der Waals surface area (Å²) < 4.78 is 6.83. The molecule has 0 atom stereocenters. The Hall–Kier alpha value is -7.88. The third-order valence-corrected chi connectivity index (χ3v) is 17.5. The summed E-state index contributed by atoms with van der Waals surface area (Å²) in [6.45, 7) is 29.9. The second-order valence-electron chi connectivity index (χ2n) is 23.8. The molecule has 1 heterocycles. The van der Waals surface area contributed by atoms with Crippen LogP contribution >= 0.6 is 0 Å². The molecule has 0 spiro atoms. The summed E-state index contributed by atoms with van der Waals surface area (Å²) >= 11 is 0. The van der Waals surface area contributed by atoms with Crippen molar-refractivity contribution in [2.45, 2.75) is 119 Å². The zero-order valence-corrected chi connectivity index (χ0v) is 49.1. The van der Waals surface area contributed by atoms with Gasteiger partial charge in [-0.3, -0.25) is 0 Å². The summed E-state index contributed by atoms with van der Waals surface area (Å²) in [5.41, 5.74) is 25.0. The van der Waals surface area contributed by atoms with Crippen LogP contribution in [0.2, 0.25) is 0 Å². The highest BCUT2D eigenvalue weighted by Crippen LogP contribution is 2.44. The molecule has 0 radical (unpaired) electrons. The fraction of sp³-hybridized carbons (Fsp3) is 0.237. The first kappa shape index (κ1) is 54.5. The van der Waals surface area contributed by atoms with Crippen LogP contribution in [0.15, 0.2) is 222 Å². The van der Waals surface area contributed by atoms with Gasteiger partial charge in [-0.1, -0.05) is 269 Å². The Bertz CT molecular complexity index is 3860. The number of aryl methyl sites for hydroxylation is 5. The summed E-state index contributed by atoms with van der Waals surface area (Å²) in [5, 5.41) is 2.23. The number of para-hydroxylation sites is 2. The number of hydrogen-bond acceptors (Lipinski definition) is 2. The normalized spacial score (nSPS) is 12.5. The van der Waals surface area contributed by atoms with Crippen molar-refractivity contribution in [3.8, 4) is 0 Å². The number of nitrogens with zero attached hydrogens (tertiary/aromatic N) is 1. The van der Waals surface area contributed by atoms with E-state index in [2.05, 4.69) is 307 Å². The Morgan fingerprint density at radius 1 is 0.506 bits per heavy atom. The predicted molar refractivity (Wildman–Crippen MR) is 342 cm³/mol. The highest BCUT2D eigenvalue weighted by atomic mass is 16.3. The number of benzene rings is 9. The van der Waals surface area contributed by atoms with Crippen LogP contribution in [0.5, 0.6) is 0 Å². The quantitative estimate of drug-likeness (QED) is 0.0708. The van der Waals surface area contributed by atoms with Gasteiger partial charge in [-0.15, -0.1) is 0 Å². The molecular formula is C76H78BNO. The van der Waals surface area contributed by atoms with Crippen molar-refractivity contribution in [2.24, 2.45) is 0 Å². The van der Waals surface area contributed by atoms with Crippen molar-refractivity contribution in [1.29, 1.82) is 0 Å². The van der Waals surface area contributed by atoms with Crippen LogP contribution < -0.4 is 21.3 Å². The molecule has 10 rings (SSSR count). The molecule has 10 aromatic rings. The number of anilines is 3. The maximum atomic E-state index is 6.83. The van der Waals surface area contributed by atoms with Crippen LogP contribution in [0.1, 0.15) is 129 Å². The van der Waals surface area contributed by atoms with E-state index in [1.165, 1.54) is 88.7 Å². The van der Waals surface area contributed by atoms with E-state index in [0.29, 0.717) is 0 Å². The average Bonchev–Trinajstić information content (AvgIpc) is 4.09. The Balaban J connectivity index is 1.22. The van der Waals surface area contributed by atoms with Crippen molar-refractivity contribution in [3.05, 3.63) is 285 Å². The first-order valence-corrected chi connectivity index (χ1v) is 28.6. The molecule has 2 nitrogen and oxygen atoms in total. The van der Waals surface area contributed by atoms with Crippen LogP contribution in [0.3, 0.4) is 0 Å². The molecule has 0 amide bonds. The van der Waals surface area contributed by atoms with Gasteiger partial charge in [-0.05, 0) is 135 Å². The molecule has 0 N–H and O–H groups in total. The lowest BCUT2D eigenvalue weighted by Crippen LogP contribution is -2.56. The van der Waals surface area contributed by atoms with E-state index < -0.39 is 0 Å². The fourth-order valence-corrected chi connectivity index (χ4v) is 12.5. The van der Waals surface area contributed by atoms with E-state index in [4.69, 9.17) is 4.42 Å². The zero-order chi connectivity index (χ0) is 55.8. The van der Waals surface area contributed by atoms with Gasteiger partial charge in [0, 0.05) is 38.4 Å². The second-order valence-corrected chi connectivity index (χ2v) is 23.8. The minimum absolute atomic E-state index is 0.115. The molecule has 3 heteroatoms. The summed E-state index contributed by atoms with van der Waals surface area (Å²) in [7, 11) is 0. The molecule has 0 aliphatic carbocycles. The number of allylic oxidation sites excluding steroid dienone is 4. The van der Waals surface area contributed by atoms with Crippen LogP contribution in [0.25, 0.3) is 21.9 Å². The van der Waals surface area contributed by atoms with Gasteiger partial charge in [0.1, 0.15) is 5.58 Å². The standard InChI is InChI=1S/C76H78BNO/c1-14-16-26-58(15-2)74(8,9)63-43-39-57(48-56-37-41-61(42-38-56)75(10,11)59-27-19-17-20-28-59)68(50-63)77(67-49-62(40-36-52(67)4)76(12,13)60-29-21-18-22-30-60)72-54(6)46-64(47-55(72)7)78(69-44-35-51(3)45-53(69)5)70-33-25-32-66-65-31-23-24-34-71(65)79-73(66)70/h15-47,49-50H,14,48H2,1-13H3/b26-16-,58-15+. The summed E-state index contributed by atoms with van der Waals surface area (Å²) in [5.74, 6) is 0. The minimum Gasteiger partial charge on any atom is -0.454 e. The molecule has 9 aromatic carbocycles. The third kappa shape index (κ3) is 10.5. The van der Waals surface area contributed by atoms with Crippen molar-refractivity contribution in [3.63, 3.8) is 0 Å². The Kier molecular flexibility index (Phi) is 15.2. The van der Waals surface area contributed by atoms with Gasteiger partial charge in [0.2, 0.25) is 6.71 Å². The summed E-state index contributed by atoms with van der Waals surface area (Å²) in [6, 6.07) is 72.8. The summed E-state index contributed by atoms with van der Waals surface area (Å²) in [6.07, 6.45) is 8.71. The van der Waals surface area contributed by atoms with E-state index in [1.54, 1.807) is 0 Å². The molecule has 0 aliphatic rings. The molecule has 79 heavy (non-hydrogen) atoms. The third-order valence-electron chi connectivity index (χ3n) is 17.5. The molecule has 0 fully saturated rings. The second kappa shape index (κ2) is 22.1. The Morgan fingerprint density at radius 3 is 1.73 bits per heavy atom. The van der Waals surface area contributed by atoms with Gasteiger partial charge >= 0.3 is 0 Å². The first-order chi connectivity index (χ1) is 37.9. The van der Waals surface area contributed by atoms with Crippen LogP contribution in [0.4, 0.5) is 17.1 Å². The highest BCUT2D eigenvalue weighted by molar-refractivity contribution is 6.96. The highest BCUT2D eigenvalue weighted by Gasteiger charge is 2.35. The number of hydrogen-bond donors (Lipinski definition) is 0. The van der Waals surface area contributed by atoms with Gasteiger partial charge in [0.25, 0.3) is 0 Å². The van der Waals surface area contributed by atoms with E-state index in [1.807, 2.05) is 0 Å². The molecular weight excluding hydrogens is 954 g/mol. The SMILES string of the molecule is C/C=C(\C=C/CC)C(C)(C)c1ccc(Cc2ccc(C(C)(C)c3ccccc3)cc2)c(B(c2cc(C(C)(C)c3ccccc3)ccc2C)c2c(C)cc(N(c3ccc(C)cc3C)c3cccc4c3oc3ccccc34)cc2C)c1. The van der Waals surface area contributed by atoms with E-state index in [9.17, 15) is 0 Å². The molecule has 0 aliphatic heterocycles. The topological polar surface area (TPSA) is 16.4 Å². The molecule has 0 bridgehead atoms. The molecule has 1 aromatic heterocycles.